The molecule has 0 amide bonds. The van der Waals surface area contributed by atoms with E-state index in [-0.39, 0.29) is 0 Å². The molecule has 2 N–H and O–H groups in total. The lowest BCUT2D eigenvalue weighted by molar-refractivity contribution is 0.269. The van der Waals surface area contributed by atoms with Crippen molar-refractivity contribution < 1.29 is 0 Å². The Hall–Kier alpha value is -0.0800. The molecule has 100 valence electrons. The minimum Gasteiger partial charge on any atom is -0.316 e. The van der Waals surface area contributed by atoms with Gasteiger partial charge in [-0.3, -0.25) is 0 Å². The summed E-state index contributed by atoms with van der Waals surface area (Å²) in [6, 6.07) is 0.698. The van der Waals surface area contributed by atoms with E-state index >= 15 is 0 Å². The van der Waals surface area contributed by atoms with Gasteiger partial charge < -0.3 is 10.6 Å². The Balaban J connectivity index is 1.89. The third kappa shape index (κ3) is 2.15. The molecule has 0 bridgehead atoms. The van der Waals surface area contributed by atoms with Crippen LogP contribution in [0.25, 0.3) is 0 Å². The van der Waals surface area contributed by atoms with E-state index in [1.165, 1.54) is 38.9 Å². The predicted octanol–water partition coefficient (Wildman–Crippen LogP) is 2.79. The summed E-state index contributed by atoms with van der Waals surface area (Å²) in [4.78, 5) is 0. The van der Waals surface area contributed by atoms with Crippen molar-refractivity contribution in [1.29, 1.82) is 0 Å². The Kier molecular flexibility index (Phi) is 3.33. The van der Waals surface area contributed by atoms with Crippen molar-refractivity contribution in [3.05, 3.63) is 0 Å². The normalized spacial score (nSPS) is 35.1. The Labute approximate surface area is 107 Å². The van der Waals surface area contributed by atoms with Gasteiger partial charge in [0, 0.05) is 19.1 Å². The summed E-state index contributed by atoms with van der Waals surface area (Å²) in [5.74, 6) is 0. The first-order valence-electron chi connectivity index (χ1n) is 7.30. The monoisotopic (exact) mass is 238 g/mol. The van der Waals surface area contributed by atoms with Crippen molar-refractivity contribution in [2.75, 3.05) is 19.6 Å². The molecule has 0 spiro atoms. The molecule has 17 heavy (non-hydrogen) atoms. The zero-order chi connectivity index (χ0) is 12.7. The molecule has 1 saturated carbocycles. The fourth-order valence-electron chi connectivity index (χ4n) is 3.80. The standard InChI is InChI=1S/C15H30N2/c1-6-7-15(8-9-16-10-15)11-17-12-13(2,3)14(12,4)5/h12,16-17H,6-11H2,1-5H3. The highest BCUT2D eigenvalue weighted by molar-refractivity contribution is 5.18. The van der Waals surface area contributed by atoms with Gasteiger partial charge in [0.2, 0.25) is 0 Å². The third-order valence-electron chi connectivity index (χ3n) is 5.81. The van der Waals surface area contributed by atoms with Crippen LogP contribution in [0.5, 0.6) is 0 Å². The SMILES string of the molecule is CCCC1(CNC2C(C)(C)C2(C)C)CCNC1. The van der Waals surface area contributed by atoms with E-state index in [4.69, 9.17) is 0 Å². The summed E-state index contributed by atoms with van der Waals surface area (Å²) < 4.78 is 0. The predicted molar refractivity (Wildman–Crippen MR) is 74.2 cm³/mol. The van der Waals surface area contributed by atoms with Crippen LogP contribution in [0.1, 0.15) is 53.9 Å². The Morgan fingerprint density at radius 2 is 1.82 bits per heavy atom. The maximum Gasteiger partial charge on any atom is 0.0181 e. The lowest BCUT2D eigenvalue weighted by atomic mass is 9.82. The van der Waals surface area contributed by atoms with Crippen LogP contribution in [0.4, 0.5) is 0 Å². The number of hydrogen-bond acceptors (Lipinski definition) is 2. The van der Waals surface area contributed by atoms with Crippen LogP contribution in [-0.4, -0.2) is 25.7 Å². The van der Waals surface area contributed by atoms with E-state index in [0.29, 0.717) is 22.3 Å². The van der Waals surface area contributed by atoms with Gasteiger partial charge in [0.1, 0.15) is 0 Å². The van der Waals surface area contributed by atoms with Crippen LogP contribution < -0.4 is 10.6 Å². The molecule has 2 fully saturated rings. The molecule has 2 rings (SSSR count). The first kappa shape index (κ1) is 13.4. The highest BCUT2D eigenvalue weighted by Gasteiger charge is 2.64. The summed E-state index contributed by atoms with van der Waals surface area (Å²) in [7, 11) is 0. The molecule has 1 aliphatic heterocycles. The average molecular weight is 238 g/mol. The molecule has 0 aromatic rings. The van der Waals surface area contributed by atoms with Gasteiger partial charge in [0.05, 0.1) is 0 Å². The Morgan fingerprint density at radius 1 is 1.18 bits per heavy atom. The number of rotatable bonds is 5. The van der Waals surface area contributed by atoms with E-state index in [1.54, 1.807) is 0 Å². The van der Waals surface area contributed by atoms with Crippen LogP contribution in [-0.2, 0) is 0 Å². The second kappa shape index (κ2) is 4.24. The van der Waals surface area contributed by atoms with E-state index in [1.807, 2.05) is 0 Å². The summed E-state index contributed by atoms with van der Waals surface area (Å²) >= 11 is 0. The van der Waals surface area contributed by atoms with Gasteiger partial charge in [-0.1, -0.05) is 41.0 Å². The van der Waals surface area contributed by atoms with Crippen molar-refractivity contribution in [2.24, 2.45) is 16.2 Å². The molecule has 1 unspecified atom stereocenters. The molecule has 2 heteroatoms. The molecular weight excluding hydrogens is 208 g/mol. The minimum absolute atomic E-state index is 0.465. The maximum absolute atomic E-state index is 3.86. The van der Waals surface area contributed by atoms with E-state index < -0.39 is 0 Å². The number of hydrogen-bond donors (Lipinski definition) is 2. The van der Waals surface area contributed by atoms with Crippen LogP contribution in [0.3, 0.4) is 0 Å². The zero-order valence-corrected chi connectivity index (χ0v) is 12.3. The first-order chi connectivity index (χ1) is 7.86. The molecule has 0 aromatic heterocycles. The molecule has 1 atom stereocenters. The van der Waals surface area contributed by atoms with Crippen molar-refractivity contribution in [3.63, 3.8) is 0 Å². The second-order valence-corrected chi connectivity index (χ2v) is 7.43. The molecule has 1 saturated heterocycles. The van der Waals surface area contributed by atoms with Crippen LogP contribution >= 0.6 is 0 Å². The van der Waals surface area contributed by atoms with Gasteiger partial charge in [0.15, 0.2) is 0 Å². The third-order valence-corrected chi connectivity index (χ3v) is 5.81. The van der Waals surface area contributed by atoms with Crippen molar-refractivity contribution in [1.82, 2.24) is 10.6 Å². The average Bonchev–Trinajstić information content (AvgIpc) is 2.58. The van der Waals surface area contributed by atoms with Gasteiger partial charge in [-0.25, -0.2) is 0 Å². The van der Waals surface area contributed by atoms with Gasteiger partial charge in [-0.15, -0.1) is 0 Å². The van der Waals surface area contributed by atoms with Crippen LogP contribution in [0, 0.1) is 16.2 Å². The van der Waals surface area contributed by atoms with Crippen LogP contribution in [0.2, 0.25) is 0 Å². The molecule has 2 nitrogen and oxygen atoms in total. The largest absolute Gasteiger partial charge is 0.316 e. The van der Waals surface area contributed by atoms with Crippen molar-refractivity contribution >= 4 is 0 Å². The topological polar surface area (TPSA) is 24.1 Å². The van der Waals surface area contributed by atoms with Gasteiger partial charge in [0.25, 0.3) is 0 Å². The maximum atomic E-state index is 3.86. The molecule has 0 radical (unpaired) electrons. The quantitative estimate of drug-likeness (QED) is 0.769. The lowest BCUT2D eigenvalue weighted by Gasteiger charge is -2.28. The lowest BCUT2D eigenvalue weighted by Crippen LogP contribution is -2.38. The van der Waals surface area contributed by atoms with E-state index in [0.717, 1.165) is 0 Å². The molecule has 1 heterocycles. The summed E-state index contributed by atoms with van der Waals surface area (Å²) in [6.45, 7) is 15.5. The van der Waals surface area contributed by atoms with Crippen molar-refractivity contribution in [2.45, 2.75) is 59.9 Å². The molecule has 2 aliphatic rings. The summed E-state index contributed by atoms with van der Waals surface area (Å²) in [6.07, 6.45) is 4.02. The summed E-state index contributed by atoms with van der Waals surface area (Å²) in [5.41, 5.74) is 1.46. The highest BCUT2D eigenvalue weighted by atomic mass is 15.1. The second-order valence-electron chi connectivity index (χ2n) is 7.43. The van der Waals surface area contributed by atoms with Crippen LogP contribution in [0.15, 0.2) is 0 Å². The Bertz CT molecular complexity index is 261. The highest BCUT2D eigenvalue weighted by Crippen LogP contribution is 2.62. The fraction of sp³-hybridized carbons (Fsp3) is 1.00. The zero-order valence-electron chi connectivity index (χ0n) is 12.3. The fourth-order valence-corrected chi connectivity index (χ4v) is 3.80. The smallest absolute Gasteiger partial charge is 0.0181 e. The molecular formula is C15H30N2. The first-order valence-corrected chi connectivity index (χ1v) is 7.30. The van der Waals surface area contributed by atoms with Gasteiger partial charge in [-0.05, 0) is 35.6 Å². The molecule has 0 aromatic carbocycles. The van der Waals surface area contributed by atoms with Gasteiger partial charge >= 0.3 is 0 Å². The van der Waals surface area contributed by atoms with Crippen molar-refractivity contribution in [3.8, 4) is 0 Å². The van der Waals surface area contributed by atoms with E-state index in [2.05, 4.69) is 45.3 Å². The summed E-state index contributed by atoms with van der Waals surface area (Å²) in [5, 5.41) is 7.41. The number of nitrogens with one attached hydrogen (secondary N) is 2. The van der Waals surface area contributed by atoms with Gasteiger partial charge in [-0.2, -0.15) is 0 Å². The molecule has 1 aliphatic carbocycles. The van der Waals surface area contributed by atoms with E-state index in [9.17, 15) is 0 Å². The Morgan fingerprint density at radius 3 is 2.24 bits per heavy atom. The minimum atomic E-state index is 0.465.